The van der Waals surface area contributed by atoms with Crippen molar-refractivity contribution in [1.82, 2.24) is 4.31 Å². The van der Waals surface area contributed by atoms with Crippen molar-refractivity contribution in [2.24, 2.45) is 11.3 Å². The number of carbonyl (C=O) groups excluding carboxylic acids is 1. The normalized spacial score (nSPS) is 27.7. The number of esters is 1. The molecule has 0 bridgehead atoms. The topological polar surface area (TPSA) is 72.9 Å². The van der Waals surface area contributed by atoms with E-state index in [1.54, 1.807) is 0 Å². The summed E-state index contributed by atoms with van der Waals surface area (Å²) in [6.45, 7) is 4.52. The Bertz CT molecular complexity index is 807. The van der Waals surface area contributed by atoms with Gasteiger partial charge in [-0.3, -0.25) is 0 Å². The number of sulfonamides is 1. The maximum absolute atomic E-state index is 14.3. The Kier molecular flexibility index (Phi) is 4.41. The van der Waals surface area contributed by atoms with Gasteiger partial charge in [0.2, 0.25) is 10.0 Å². The average molecular weight is 371 g/mol. The Labute approximate surface area is 147 Å². The van der Waals surface area contributed by atoms with E-state index in [1.807, 2.05) is 13.8 Å². The molecule has 1 aliphatic heterocycles. The number of halogens is 1. The summed E-state index contributed by atoms with van der Waals surface area (Å²) in [4.78, 5) is 11.1. The summed E-state index contributed by atoms with van der Waals surface area (Å²) in [5.41, 5.74) is -0.370. The van der Waals surface area contributed by atoms with Crippen molar-refractivity contribution >= 4 is 16.0 Å². The highest BCUT2D eigenvalue weighted by molar-refractivity contribution is 7.89. The predicted molar refractivity (Wildman–Crippen MR) is 88.1 cm³/mol. The van der Waals surface area contributed by atoms with Gasteiger partial charge in [0.25, 0.3) is 0 Å². The molecule has 25 heavy (non-hydrogen) atoms. The fraction of sp³-hybridized carbons (Fsp3) is 0.588. The minimum Gasteiger partial charge on any atom is -0.465 e. The summed E-state index contributed by atoms with van der Waals surface area (Å²) in [6.07, 6.45) is 0.796. The maximum atomic E-state index is 14.3. The van der Waals surface area contributed by atoms with Crippen LogP contribution in [0.3, 0.4) is 0 Å². The molecule has 0 unspecified atom stereocenters. The van der Waals surface area contributed by atoms with Gasteiger partial charge in [-0.2, -0.15) is 4.31 Å². The van der Waals surface area contributed by atoms with E-state index in [4.69, 9.17) is 4.74 Å². The van der Waals surface area contributed by atoms with Crippen LogP contribution < -0.4 is 0 Å². The van der Waals surface area contributed by atoms with Crippen molar-refractivity contribution in [3.05, 3.63) is 29.6 Å². The highest BCUT2D eigenvalue weighted by Crippen LogP contribution is 2.55. The lowest BCUT2D eigenvalue weighted by molar-refractivity contribution is -0.131. The van der Waals surface area contributed by atoms with Crippen molar-refractivity contribution in [2.45, 2.75) is 37.3 Å². The van der Waals surface area contributed by atoms with Gasteiger partial charge in [-0.25, -0.2) is 17.6 Å². The lowest BCUT2D eigenvalue weighted by Gasteiger charge is -2.57. The van der Waals surface area contributed by atoms with E-state index in [-0.39, 0.29) is 29.0 Å². The van der Waals surface area contributed by atoms with Crippen LogP contribution in [0.2, 0.25) is 0 Å². The molecular formula is C17H22FNO5S. The molecule has 138 valence electrons. The van der Waals surface area contributed by atoms with Crippen LogP contribution in [0.25, 0.3) is 0 Å². The maximum Gasteiger partial charge on any atom is 0.337 e. The van der Waals surface area contributed by atoms with Crippen LogP contribution in [0.15, 0.2) is 23.1 Å². The van der Waals surface area contributed by atoms with Crippen LogP contribution in [-0.2, 0) is 19.5 Å². The van der Waals surface area contributed by atoms with Gasteiger partial charge in [-0.1, -0.05) is 13.8 Å². The SMILES string of the molecule is COC(=O)c1ccc(F)c(S(=O)(=O)N(C)[C@@H]2[C@H]3CCO[C@@H]3C2(C)C)c1. The van der Waals surface area contributed by atoms with Crippen molar-refractivity contribution in [1.29, 1.82) is 0 Å². The lowest BCUT2D eigenvalue weighted by Crippen LogP contribution is -2.66. The molecule has 2 fully saturated rings. The van der Waals surface area contributed by atoms with Crippen LogP contribution in [0, 0.1) is 17.2 Å². The van der Waals surface area contributed by atoms with Gasteiger partial charge in [0.05, 0.1) is 18.8 Å². The van der Waals surface area contributed by atoms with Gasteiger partial charge in [-0.05, 0) is 24.6 Å². The van der Waals surface area contributed by atoms with Crippen LogP contribution in [0.5, 0.6) is 0 Å². The van der Waals surface area contributed by atoms with E-state index in [9.17, 15) is 17.6 Å². The third-order valence-corrected chi connectivity index (χ3v) is 7.29. The van der Waals surface area contributed by atoms with Crippen molar-refractivity contribution in [3.8, 4) is 0 Å². The fourth-order valence-corrected chi connectivity index (χ4v) is 5.91. The second-order valence-corrected chi connectivity index (χ2v) is 9.13. The third-order valence-electron chi connectivity index (χ3n) is 5.44. The zero-order valence-corrected chi connectivity index (χ0v) is 15.5. The first-order valence-electron chi connectivity index (χ1n) is 8.10. The van der Waals surface area contributed by atoms with E-state index in [0.717, 1.165) is 18.6 Å². The van der Waals surface area contributed by atoms with E-state index in [2.05, 4.69) is 4.74 Å². The molecule has 1 aliphatic carbocycles. The number of benzene rings is 1. The molecule has 2 aliphatic rings. The van der Waals surface area contributed by atoms with Gasteiger partial charge in [0.15, 0.2) is 0 Å². The summed E-state index contributed by atoms with van der Waals surface area (Å²) >= 11 is 0. The van der Waals surface area contributed by atoms with Crippen molar-refractivity contribution < 1.29 is 27.1 Å². The number of ether oxygens (including phenoxy) is 2. The summed E-state index contributed by atoms with van der Waals surface area (Å²) in [5.74, 6) is -1.51. The molecule has 1 saturated heterocycles. The average Bonchev–Trinajstić information content (AvgIpc) is 3.00. The zero-order chi connectivity index (χ0) is 18.6. The summed E-state index contributed by atoms with van der Waals surface area (Å²) in [5, 5.41) is 0. The molecule has 0 radical (unpaired) electrons. The molecule has 0 aromatic heterocycles. The van der Waals surface area contributed by atoms with E-state index in [1.165, 1.54) is 24.5 Å². The smallest absolute Gasteiger partial charge is 0.337 e. The first-order chi connectivity index (χ1) is 11.6. The lowest BCUT2D eigenvalue weighted by atomic mass is 9.57. The van der Waals surface area contributed by atoms with Crippen LogP contribution in [-0.4, -0.2) is 51.6 Å². The quantitative estimate of drug-likeness (QED) is 0.758. The van der Waals surface area contributed by atoms with Gasteiger partial charge in [0, 0.05) is 31.0 Å². The van der Waals surface area contributed by atoms with E-state index >= 15 is 0 Å². The summed E-state index contributed by atoms with van der Waals surface area (Å²) < 4.78 is 51.8. The van der Waals surface area contributed by atoms with E-state index in [0.29, 0.717) is 6.61 Å². The molecule has 3 rings (SSSR count). The number of hydrogen-bond donors (Lipinski definition) is 0. The Morgan fingerprint density at radius 2 is 2.08 bits per heavy atom. The molecule has 1 saturated carbocycles. The summed E-state index contributed by atoms with van der Waals surface area (Å²) in [6, 6.07) is 2.92. The number of nitrogens with zero attached hydrogens (tertiary/aromatic N) is 1. The Balaban J connectivity index is 1.98. The molecule has 0 amide bonds. The number of methoxy groups -OCH3 is 1. The van der Waals surface area contributed by atoms with Gasteiger partial charge in [0.1, 0.15) is 10.7 Å². The molecule has 0 N–H and O–H groups in total. The molecule has 1 heterocycles. The van der Waals surface area contributed by atoms with Crippen LogP contribution in [0.4, 0.5) is 4.39 Å². The Hall–Kier alpha value is -1.51. The second kappa shape index (κ2) is 6.03. The van der Waals surface area contributed by atoms with Crippen molar-refractivity contribution in [3.63, 3.8) is 0 Å². The Morgan fingerprint density at radius 1 is 1.40 bits per heavy atom. The van der Waals surface area contributed by atoms with Crippen LogP contribution >= 0.6 is 0 Å². The molecule has 1 aromatic rings. The zero-order valence-electron chi connectivity index (χ0n) is 14.7. The minimum atomic E-state index is -4.11. The van der Waals surface area contributed by atoms with Crippen LogP contribution in [0.1, 0.15) is 30.6 Å². The fourth-order valence-electron chi connectivity index (χ4n) is 4.29. The molecule has 1 aromatic carbocycles. The van der Waals surface area contributed by atoms with Gasteiger partial charge < -0.3 is 9.47 Å². The predicted octanol–water partition coefficient (Wildman–Crippen LogP) is 2.05. The first kappa shape index (κ1) is 18.3. The number of rotatable bonds is 4. The molecule has 8 heteroatoms. The van der Waals surface area contributed by atoms with E-state index < -0.39 is 26.7 Å². The molecule has 3 atom stereocenters. The third kappa shape index (κ3) is 2.67. The number of fused-ring (bicyclic) bond motifs is 1. The molecular weight excluding hydrogens is 349 g/mol. The largest absolute Gasteiger partial charge is 0.465 e. The minimum absolute atomic E-state index is 0.00850. The highest BCUT2D eigenvalue weighted by atomic mass is 32.2. The van der Waals surface area contributed by atoms with Gasteiger partial charge >= 0.3 is 5.97 Å². The van der Waals surface area contributed by atoms with Crippen molar-refractivity contribution in [2.75, 3.05) is 20.8 Å². The monoisotopic (exact) mass is 371 g/mol. The Morgan fingerprint density at radius 3 is 2.72 bits per heavy atom. The second-order valence-electron chi connectivity index (χ2n) is 7.17. The summed E-state index contributed by atoms with van der Waals surface area (Å²) in [7, 11) is -1.47. The molecule has 6 nitrogen and oxygen atoms in total. The highest BCUT2D eigenvalue weighted by Gasteiger charge is 2.62. The standard InChI is InChI=1S/C17H22FNO5S/c1-17(2)14(11-7-8-24-15(11)17)19(3)25(21,22)13-9-10(16(20)23-4)5-6-12(13)18/h5-6,9,11,14-15H,7-8H2,1-4H3/t11-,14-,15+/m1/s1. The first-order valence-corrected chi connectivity index (χ1v) is 9.54. The molecule has 0 spiro atoms. The number of hydrogen-bond acceptors (Lipinski definition) is 5. The number of carbonyl (C=O) groups is 1. The van der Waals surface area contributed by atoms with Gasteiger partial charge in [-0.15, -0.1) is 0 Å².